The first kappa shape index (κ1) is 25.2. The summed E-state index contributed by atoms with van der Waals surface area (Å²) in [4.78, 5) is 0. The number of hydrogen-bond acceptors (Lipinski definition) is 4. The molecule has 4 heteroatoms. The minimum atomic E-state index is -0.899. The van der Waals surface area contributed by atoms with Crippen LogP contribution in [0, 0.1) is 6.92 Å². The van der Waals surface area contributed by atoms with Crippen LogP contribution in [0.15, 0.2) is 47.1 Å². The summed E-state index contributed by atoms with van der Waals surface area (Å²) in [5.41, 5.74) is 4.89. The minimum absolute atomic E-state index is 0.281. The molecule has 3 N–H and O–H groups in total. The number of hydrogen-bond donors (Lipinski definition) is 3. The summed E-state index contributed by atoms with van der Waals surface area (Å²) in [6.07, 6.45) is 9.34. The van der Waals surface area contributed by atoms with Crippen molar-refractivity contribution in [3.8, 4) is 11.5 Å². The van der Waals surface area contributed by atoms with Crippen molar-refractivity contribution in [1.82, 2.24) is 0 Å². The Hall–Kier alpha value is -2.04. The second kappa shape index (κ2) is 11.0. The molecule has 1 aromatic carbocycles. The molecule has 0 saturated carbocycles. The molecule has 1 heterocycles. The zero-order chi connectivity index (χ0) is 23.2. The summed E-state index contributed by atoms with van der Waals surface area (Å²) in [5.74, 6) is 1.17. The van der Waals surface area contributed by atoms with E-state index in [0.29, 0.717) is 0 Å². The first-order valence-electron chi connectivity index (χ1n) is 11.4. The Balaban J connectivity index is 1.92. The van der Waals surface area contributed by atoms with E-state index >= 15 is 0 Å². The van der Waals surface area contributed by atoms with Gasteiger partial charge in [-0.15, -0.1) is 0 Å². The van der Waals surface area contributed by atoms with Crippen molar-refractivity contribution in [2.45, 2.75) is 97.9 Å². The number of aliphatic hydroxyl groups excluding tert-OH is 2. The number of aromatic hydroxyl groups is 1. The Kier molecular flexibility index (Phi) is 8.96. The molecular formula is C27H40O4. The molecule has 0 radical (unpaired) electrons. The highest BCUT2D eigenvalue weighted by molar-refractivity contribution is 5.47. The van der Waals surface area contributed by atoms with E-state index in [9.17, 15) is 15.3 Å². The highest BCUT2D eigenvalue weighted by Gasteiger charge is 2.32. The fourth-order valence-corrected chi connectivity index (χ4v) is 4.08. The van der Waals surface area contributed by atoms with Gasteiger partial charge in [0.1, 0.15) is 29.3 Å². The molecule has 1 aliphatic rings. The lowest BCUT2D eigenvalue weighted by Crippen LogP contribution is -2.36. The molecule has 4 nitrogen and oxygen atoms in total. The van der Waals surface area contributed by atoms with Crippen molar-refractivity contribution in [3.05, 3.63) is 58.2 Å². The van der Waals surface area contributed by atoms with Crippen LogP contribution < -0.4 is 4.74 Å². The maximum absolute atomic E-state index is 10.5. The van der Waals surface area contributed by atoms with E-state index in [1.54, 1.807) is 18.2 Å². The van der Waals surface area contributed by atoms with Gasteiger partial charge < -0.3 is 20.1 Å². The zero-order valence-corrected chi connectivity index (χ0v) is 20.0. The van der Waals surface area contributed by atoms with Crippen LogP contribution in [-0.4, -0.2) is 33.1 Å². The lowest BCUT2D eigenvalue weighted by Gasteiger charge is -2.36. The molecule has 2 unspecified atom stereocenters. The predicted molar refractivity (Wildman–Crippen MR) is 128 cm³/mol. The first-order chi connectivity index (χ1) is 14.5. The lowest BCUT2D eigenvalue weighted by molar-refractivity contribution is 0.0554. The van der Waals surface area contributed by atoms with Crippen molar-refractivity contribution in [2.75, 3.05) is 0 Å². The number of aliphatic hydroxyl groups is 2. The van der Waals surface area contributed by atoms with Crippen LogP contribution in [0.4, 0.5) is 0 Å². The van der Waals surface area contributed by atoms with Gasteiger partial charge in [0.2, 0.25) is 0 Å². The third kappa shape index (κ3) is 7.55. The van der Waals surface area contributed by atoms with Gasteiger partial charge in [-0.3, -0.25) is 0 Å². The van der Waals surface area contributed by atoms with E-state index < -0.39 is 12.2 Å². The van der Waals surface area contributed by atoms with Crippen molar-refractivity contribution in [2.24, 2.45) is 0 Å². The maximum atomic E-state index is 10.5. The SMILES string of the molecule is CC(C)=CCC/C(C)=C/C(O)C(O)/C(C)=C/CC[C@]1(C)CCc2cc(O)cc(C)c2O1. The van der Waals surface area contributed by atoms with Gasteiger partial charge in [-0.05, 0) is 109 Å². The minimum Gasteiger partial charge on any atom is -0.508 e. The van der Waals surface area contributed by atoms with Crippen LogP contribution >= 0.6 is 0 Å². The molecule has 172 valence electrons. The molecule has 0 spiro atoms. The van der Waals surface area contributed by atoms with Crippen molar-refractivity contribution in [3.63, 3.8) is 0 Å². The van der Waals surface area contributed by atoms with E-state index in [1.807, 2.05) is 26.8 Å². The van der Waals surface area contributed by atoms with Gasteiger partial charge in [-0.1, -0.05) is 29.4 Å². The summed E-state index contributed by atoms with van der Waals surface area (Å²) >= 11 is 0. The van der Waals surface area contributed by atoms with E-state index in [0.717, 1.165) is 66.5 Å². The van der Waals surface area contributed by atoms with Crippen LogP contribution in [0.1, 0.15) is 77.8 Å². The second-order valence-electron chi connectivity index (χ2n) is 9.56. The molecule has 2 rings (SSSR count). The molecule has 0 fully saturated rings. The smallest absolute Gasteiger partial charge is 0.126 e. The summed E-state index contributed by atoms with van der Waals surface area (Å²) < 4.78 is 6.34. The summed E-state index contributed by atoms with van der Waals surface area (Å²) in [6, 6.07) is 3.53. The van der Waals surface area contributed by atoms with Crippen molar-refractivity contribution >= 4 is 0 Å². The quantitative estimate of drug-likeness (QED) is 0.427. The maximum Gasteiger partial charge on any atom is 0.126 e. The van der Waals surface area contributed by atoms with Crippen LogP contribution in [0.3, 0.4) is 0 Å². The molecule has 0 bridgehead atoms. The molecule has 0 aliphatic carbocycles. The Morgan fingerprint density at radius 2 is 1.84 bits per heavy atom. The Morgan fingerprint density at radius 1 is 1.13 bits per heavy atom. The van der Waals surface area contributed by atoms with Gasteiger partial charge in [0.25, 0.3) is 0 Å². The van der Waals surface area contributed by atoms with Crippen molar-refractivity contribution < 1.29 is 20.1 Å². The highest BCUT2D eigenvalue weighted by atomic mass is 16.5. The number of ether oxygens (including phenoxy) is 1. The molecule has 3 atom stereocenters. The van der Waals surface area contributed by atoms with Crippen molar-refractivity contribution in [1.29, 1.82) is 0 Å². The monoisotopic (exact) mass is 428 g/mol. The summed E-state index contributed by atoms with van der Waals surface area (Å²) in [7, 11) is 0. The third-order valence-electron chi connectivity index (χ3n) is 6.08. The van der Waals surface area contributed by atoms with E-state index in [4.69, 9.17) is 4.74 Å². The summed E-state index contributed by atoms with van der Waals surface area (Å²) in [5, 5.41) is 30.7. The number of benzene rings is 1. The molecular weight excluding hydrogens is 388 g/mol. The van der Waals surface area contributed by atoms with Crippen LogP contribution in [0.5, 0.6) is 11.5 Å². The van der Waals surface area contributed by atoms with Crippen LogP contribution in [0.2, 0.25) is 0 Å². The van der Waals surface area contributed by atoms with Gasteiger partial charge in [0.15, 0.2) is 0 Å². The van der Waals surface area contributed by atoms with Gasteiger partial charge in [0.05, 0.1) is 0 Å². The third-order valence-corrected chi connectivity index (χ3v) is 6.08. The Bertz CT molecular complexity index is 845. The number of aryl methyl sites for hydroxylation is 2. The number of phenolic OH excluding ortho intramolecular Hbond substituents is 1. The molecule has 1 aliphatic heterocycles. The second-order valence-corrected chi connectivity index (χ2v) is 9.56. The average Bonchev–Trinajstić information content (AvgIpc) is 2.67. The van der Waals surface area contributed by atoms with Gasteiger partial charge >= 0.3 is 0 Å². The topological polar surface area (TPSA) is 69.9 Å². The van der Waals surface area contributed by atoms with E-state index in [2.05, 4.69) is 26.8 Å². The average molecular weight is 429 g/mol. The Morgan fingerprint density at radius 3 is 2.52 bits per heavy atom. The zero-order valence-electron chi connectivity index (χ0n) is 20.0. The van der Waals surface area contributed by atoms with Gasteiger partial charge in [-0.25, -0.2) is 0 Å². The normalized spacial score (nSPS) is 21.2. The van der Waals surface area contributed by atoms with Gasteiger partial charge in [-0.2, -0.15) is 0 Å². The fourth-order valence-electron chi connectivity index (χ4n) is 4.08. The first-order valence-corrected chi connectivity index (χ1v) is 11.4. The molecule has 0 amide bonds. The number of allylic oxidation sites excluding steroid dienone is 4. The predicted octanol–water partition coefficient (Wildman–Crippen LogP) is 5.93. The lowest BCUT2D eigenvalue weighted by atomic mass is 9.87. The van der Waals surface area contributed by atoms with E-state index in [-0.39, 0.29) is 11.4 Å². The largest absolute Gasteiger partial charge is 0.508 e. The van der Waals surface area contributed by atoms with Crippen LogP contribution in [0.25, 0.3) is 0 Å². The number of phenols is 1. The standard InChI is InChI=1S/C27H40O4/c1-18(2)9-7-10-19(3)15-24(29)25(30)20(4)11-8-13-27(6)14-12-22-17-23(28)16-21(5)26(22)31-27/h9,11,15-17,24-25,28-30H,7-8,10,12-14H2,1-6H3/b19-15+,20-11+/t24?,25?,27-/m1/s1. The highest BCUT2D eigenvalue weighted by Crippen LogP contribution is 2.39. The number of rotatable bonds is 9. The molecule has 31 heavy (non-hydrogen) atoms. The Labute approximate surface area is 188 Å². The van der Waals surface area contributed by atoms with Gasteiger partial charge in [0, 0.05) is 0 Å². The molecule has 1 aromatic rings. The number of fused-ring (bicyclic) bond motifs is 1. The van der Waals surface area contributed by atoms with Crippen LogP contribution in [-0.2, 0) is 6.42 Å². The fraction of sp³-hybridized carbons (Fsp3) is 0.556. The molecule has 0 saturated heterocycles. The summed E-state index contributed by atoms with van der Waals surface area (Å²) in [6.45, 7) is 12.1. The molecule has 0 aromatic heterocycles. The van der Waals surface area contributed by atoms with E-state index in [1.165, 1.54) is 5.57 Å².